The molecule has 0 amide bonds. The van der Waals surface area contributed by atoms with Crippen molar-refractivity contribution in [3.05, 3.63) is 0 Å². The first-order chi connectivity index (χ1) is 8.65. The second-order valence-corrected chi connectivity index (χ2v) is 7.05. The maximum atomic E-state index is 3.54. The largest absolute Gasteiger partial charge is 0.317 e. The summed E-state index contributed by atoms with van der Waals surface area (Å²) in [6.45, 7) is 12.2. The van der Waals surface area contributed by atoms with Crippen LogP contribution in [-0.2, 0) is 0 Å². The van der Waals surface area contributed by atoms with Gasteiger partial charge in [0.2, 0.25) is 0 Å². The summed E-state index contributed by atoms with van der Waals surface area (Å²) >= 11 is 0. The first kappa shape index (κ1) is 14.3. The first-order valence-corrected chi connectivity index (χ1v) is 8.10. The smallest absolute Gasteiger partial charge is 0.00967 e. The molecule has 18 heavy (non-hydrogen) atoms. The van der Waals surface area contributed by atoms with Crippen molar-refractivity contribution in [1.82, 2.24) is 10.2 Å². The fourth-order valence-electron chi connectivity index (χ4n) is 3.66. The molecule has 1 saturated carbocycles. The molecule has 0 spiro atoms. The number of rotatable bonds is 7. The van der Waals surface area contributed by atoms with Gasteiger partial charge in [-0.1, -0.05) is 27.2 Å². The van der Waals surface area contributed by atoms with Gasteiger partial charge >= 0.3 is 0 Å². The molecule has 0 aromatic carbocycles. The van der Waals surface area contributed by atoms with E-state index < -0.39 is 0 Å². The summed E-state index contributed by atoms with van der Waals surface area (Å²) in [5.41, 5.74) is 0.622. The van der Waals surface area contributed by atoms with Crippen molar-refractivity contribution in [3.63, 3.8) is 0 Å². The molecule has 2 rings (SSSR count). The monoisotopic (exact) mass is 252 g/mol. The van der Waals surface area contributed by atoms with Crippen LogP contribution in [0.15, 0.2) is 0 Å². The van der Waals surface area contributed by atoms with E-state index in [1.165, 1.54) is 64.7 Å². The van der Waals surface area contributed by atoms with E-state index in [1.54, 1.807) is 0 Å². The maximum Gasteiger partial charge on any atom is 0.00967 e. The van der Waals surface area contributed by atoms with Crippen molar-refractivity contribution < 1.29 is 0 Å². The van der Waals surface area contributed by atoms with Crippen LogP contribution in [-0.4, -0.2) is 37.1 Å². The Hall–Kier alpha value is -0.0800. The molecule has 1 heterocycles. The minimum Gasteiger partial charge on any atom is -0.317 e. The molecule has 0 aromatic rings. The molecule has 1 saturated heterocycles. The third kappa shape index (κ3) is 3.96. The average Bonchev–Trinajstić information content (AvgIpc) is 3.13. The molecule has 0 radical (unpaired) electrons. The molecule has 1 aliphatic carbocycles. The Morgan fingerprint density at radius 1 is 1.22 bits per heavy atom. The fraction of sp³-hybridized carbons (Fsp3) is 1.00. The molecule has 106 valence electrons. The molecule has 2 aliphatic rings. The first-order valence-electron chi connectivity index (χ1n) is 8.10. The van der Waals surface area contributed by atoms with Crippen LogP contribution in [0.4, 0.5) is 0 Å². The Balaban J connectivity index is 1.96. The van der Waals surface area contributed by atoms with Crippen LogP contribution in [0.2, 0.25) is 0 Å². The lowest BCUT2D eigenvalue weighted by atomic mass is 9.75. The fourth-order valence-corrected chi connectivity index (χ4v) is 3.66. The predicted molar refractivity (Wildman–Crippen MR) is 78.9 cm³/mol. The highest BCUT2D eigenvalue weighted by Crippen LogP contribution is 2.38. The molecule has 0 atom stereocenters. The molecular weight excluding hydrogens is 220 g/mol. The number of hydrogen-bond acceptors (Lipinski definition) is 2. The van der Waals surface area contributed by atoms with Gasteiger partial charge in [-0.2, -0.15) is 0 Å². The van der Waals surface area contributed by atoms with E-state index in [4.69, 9.17) is 0 Å². The van der Waals surface area contributed by atoms with Crippen molar-refractivity contribution in [3.8, 4) is 0 Å². The quantitative estimate of drug-likeness (QED) is 0.748. The van der Waals surface area contributed by atoms with Gasteiger partial charge in [0.1, 0.15) is 0 Å². The SMILES string of the molecule is CCCC1(CN(CC(C)C)C2CC2)CCNCC1. The topological polar surface area (TPSA) is 15.3 Å². The van der Waals surface area contributed by atoms with Crippen LogP contribution >= 0.6 is 0 Å². The standard InChI is InChI=1S/C16H32N2/c1-4-7-16(8-10-17-11-9-16)13-18(12-14(2)3)15-5-6-15/h14-15,17H,4-13H2,1-3H3. The summed E-state index contributed by atoms with van der Waals surface area (Å²) in [6.07, 6.45) is 8.46. The Morgan fingerprint density at radius 3 is 2.39 bits per heavy atom. The molecular formula is C16H32N2. The Bertz CT molecular complexity index is 234. The van der Waals surface area contributed by atoms with Gasteiger partial charge in [0.25, 0.3) is 0 Å². The van der Waals surface area contributed by atoms with Crippen LogP contribution in [0.1, 0.15) is 59.3 Å². The zero-order valence-electron chi connectivity index (χ0n) is 12.7. The van der Waals surface area contributed by atoms with Crippen LogP contribution in [0.5, 0.6) is 0 Å². The van der Waals surface area contributed by atoms with E-state index in [-0.39, 0.29) is 0 Å². The van der Waals surface area contributed by atoms with Crippen molar-refractivity contribution in [2.24, 2.45) is 11.3 Å². The Morgan fingerprint density at radius 2 is 1.89 bits per heavy atom. The van der Waals surface area contributed by atoms with E-state index in [2.05, 4.69) is 31.0 Å². The van der Waals surface area contributed by atoms with Crippen LogP contribution in [0.3, 0.4) is 0 Å². The lowest BCUT2D eigenvalue weighted by Crippen LogP contribution is -2.46. The van der Waals surface area contributed by atoms with Crippen LogP contribution in [0.25, 0.3) is 0 Å². The van der Waals surface area contributed by atoms with Crippen molar-refractivity contribution >= 4 is 0 Å². The Labute approximate surface area is 114 Å². The highest BCUT2D eigenvalue weighted by atomic mass is 15.2. The lowest BCUT2D eigenvalue weighted by molar-refractivity contribution is 0.0880. The van der Waals surface area contributed by atoms with Crippen LogP contribution < -0.4 is 5.32 Å². The van der Waals surface area contributed by atoms with Crippen molar-refractivity contribution in [2.45, 2.75) is 65.3 Å². The highest BCUT2D eigenvalue weighted by Gasteiger charge is 2.37. The molecule has 1 N–H and O–H groups in total. The molecule has 2 nitrogen and oxygen atoms in total. The lowest BCUT2D eigenvalue weighted by Gasteiger charge is -2.42. The van der Waals surface area contributed by atoms with Gasteiger partial charge in [-0.3, -0.25) is 4.90 Å². The van der Waals surface area contributed by atoms with E-state index >= 15 is 0 Å². The van der Waals surface area contributed by atoms with E-state index in [0.717, 1.165) is 12.0 Å². The highest BCUT2D eigenvalue weighted by molar-refractivity contribution is 4.92. The zero-order chi connectivity index (χ0) is 13.0. The zero-order valence-corrected chi connectivity index (χ0v) is 12.7. The second-order valence-electron chi connectivity index (χ2n) is 7.05. The maximum absolute atomic E-state index is 3.54. The summed E-state index contributed by atoms with van der Waals surface area (Å²) in [5.74, 6) is 0.811. The number of nitrogens with zero attached hydrogens (tertiary/aromatic N) is 1. The average molecular weight is 252 g/mol. The summed E-state index contributed by atoms with van der Waals surface area (Å²) in [6, 6.07) is 0.927. The molecule has 0 aromatic heterocycles. The summed E-state index contributed by atoms with van der Waals surface area (Å²) in [4.78, 5) is 2.83. The number of hydrogen-bond donors (Lipinski definition) is 1. The third-order valence-corrected chi connectivity index (χ3v) is 4.65. The van der Waals surface area contributed by atoms with Gasteiger partial charge in [0.15, 0.2) is 0 Å². The molecule has 2 fully saturated rings. The minimum atomic E-state index is 0.622. The summed E-state index contributed by atoms with van der Waals surface area (Å²) in [5, 5.41) is 3.54. The van der Waals surface area contributed by atoms with Gasteiger partial charge in [-0.15, -0.1) is 0 Å². The van der Waals surface area contributed by atoms with Gasteiger partial charge in [0, 0.05) is 19.1 Å². The molecule has 0 unspecified atom stereocenters. The molecule has 2 heteroatoms. The second kappa shape index (κ2) is 6.38. The van der Waals surface area contributed by atoms with Gasteiger partial charge in [-0.25, -0.2) is 0 Å². The van der Waals surface area contributed by atoms with Crippen molar-refractivity contribution in [2.75, 3.05) is 26.2 Å². The van der Waals surface area contributed by atoms with Crippen LogP contribution in [0, 0.1) is 11.3 Å². The minimum absolute atomic E-state index is 0.622. The molecule has 0 bridgehead atoms. The predicted octanol–water partition coefficient (Wildman–Crippen LogP) is 3.28. The summed E-state index contributed by atoms with van der Waals surface area (Å²) in [7, 11) is 0. The third-order valence-electron chi connectivity index (χ3n) is 4.65. The summed E-state index contributed by atoms with van der Waals surface area (Å²) < 4.78 is 0. The van der Waals surface area contributed by atoms with E-state index in [9.17, 15) is 0 Å². The van der Waals surface area contributed by atoms with Crippen molar-refractivity contribution in [1.29, 1.82) is 0 Å². The number of nitrogens with one attached hydrogen (secondary N) is 1. The van der Waals surface area contributed by atoms with E-state index in [1.807, 2.05) is 0 Å². The van der Waals surface area contributed by atoms with Gasteiger partial charge in [-0.05, 0) is 56.5 Å². The van der Waals surface area contributed by atoms with Gasteiger partial charge in [0.05, 0.1) is 0 Å². The number of piperidine rings is 1. The molecule has 1 aliphatic heterocycles. The normalized spacial score (nSPS) is 23.8. The van der Waals surface area contributed by atoms with E-state index in [0.29, 0.717) is 5.41 Å². The Kier molecular flexibility index (Phi) is 5.08. The van der Waals surface area contributed by atoms with Gasteiger partial charge < -0.3 is 5.32 Å².